The van der Waals surface area contributed by atoms with Gasteiger partial charge in [0.15, 0.2) is 0 Å². The van der Waals surface area contributed by atoms with E-state index in [1.807, 2.05) is 30.3 Å². The quantitative estimate of drug-likeness (QED) is 0.865. The topological polar surface area (TPSA) is 25.2 Å². The minimum atomic E-state index is 0.766. The second-order valence-electron chi connectivity index (χ2n) is 3.67. The van der Waals surface area contributed by atoms with Crippen LogP contribution in [0.2, 0.25) is 0 Å². The van der Waals surface area contributed by atoms with Gasteiger partial charge in [0.05, 0.1) is 6.54 Å². The smallest absolute Gasteiger partial charge is 0.135 e. The van der Waals surface area contributed by atoms with Crippen molar-refractivity contribution in [3.63, 3.8) is 0 Å². The molecule has 90 valence electrons. The van der Waals surface area contributed by atoms with Gasteiger partial charge in [-0.25, -0.2) is 0 Å². The van der Waals surface area contributed by atoms with Crippen molar-refractivity contribution in [1.82, 2.24) is 5.32 Å². The summed E-state index contributed by atoms with van der Waals surface area (Å²) in [5.74, 6) is 1.83. The van der Waals surface area contributed by atoms with Crippen molar-refractivity contribution in [3.8, 4) is 11.3 Å². The fourth-order valence-corrected chi connectivity index (χ4v) is 2.36. The van der Waals surface area contributed by atoms with Crippen LogP contribution in [0.25, 0.3) is 11.3 Å². The molecule has 0 spiro atoms. The van der Waals surface area contributed by atoms with Crippen LogP contribution in [-0.4, -0.2) is 6.54 Å². The third-order valence-corrected chi connectivity index (χ3v) is 3.59. The Hall–Kier alpha value is -0.580. The van der Waals surface area contributed by atoms with Crippen molar-refractivity contribution in [2.75, 3.05) is 6.54 Å². The van der Waals surface area contributed by atoms with Crippen molar-refractivity contribution < 1.29 is 4.42 Å². The molecule has 4 heteroatoms. The molecule has 2 nitrogen and oxygen atoms in total. The molecule has 0 radical (unpaired) electrons. The molecular formula is C13H13Br2NO. The van der Waals surface area contributed by atoms with Gasteiger partial charge in [-0.3, -0.25) is 0 Å². The Bertz CT molecular complexity index is 508. The van der Waals surface area contributed by atoms with Crippen molar-refractivity contribution in [2.45, 2.75) is 13.5 Å². The van der Waals surface area contributed by atoms with Crippen LogP contribution in [0.5, 0.6) is 0 Å². The molecule has 1 aromatic heterocycles. The van der Waals surface area contributed by atoms with Crippen LogP contribution < -0.4 is 5.32 Å². The van der Waals surface area contributed by atoms with Crippen LogP contribution in [0.15, 0.2) is 43.7 Å². The number of halogens is 2. The molecule has 0 aliphatic rings. The monoisotopic (exact) mass is 357 g/mol. The summed E-state index contributed by atoms with van der Waals surface area (Å²) < 4.78 is 7.87. The summed E-state index contributed by atoms with van der Waals surface area (Å²) in [5, 5.41) is 3.24. The summed E-state index contributed by atoms with van der Waals surface area (Å²) in [6, 6.07) is 10.0. The summed E-state index contributed by atoms with van der Waals surface area (Å²) in [6.07, 6.45) is 0. The first-order chi connectivity index (χ1) is 8.20. The van der Waals surface area contributed by atoms with Gasteiger partial charge in [-0.1, -0.05) is 38.8 Å². The van der Waals surface area contributed by atoms with E-state index >= 15 is 0 Å². The molecule has 2 rings (SSSR count). The van der Waals surface area contributed by atoms with Crippen molar-refractivity contribution >= 4 is 31.9 Å². The molecule has 1 N–H and O–H groups in total. The van der Waals surface area contributed by atoms with Gasteiger partial charge >= 0.3 is 0 Å². The number of nitrogens with one attached hydrogen (secondary N) is 1. The zero-order valence-electron chi connectivity index (χ0n) is 9.47. The van der Waals surface area contributed by atoms with E-state index in [4.69, 9.17) is 4.42 Å². The molecule has 1 aromatic carbocycles. The standard InChI is InChI=1S/C13H13Br2NO/c1-2-16-8-10-4-6-13(17-10)11-7-9(14)3-5-12(11)15/h3-7,16H,2,8H2,1H3. The van der Waals surface area contributed by atoms with Crippen molar-refractivity contribution in [2.24, 2.45) is 0 Å². The lowest BCUT2D eigenvalue weighted by Crippen LogP contribution is -2.10. The van der Waals surface area contributed by atoms with Gasteiger partial charge in [0, 0.05) is 14.5 Å². The number of benzene rings is 1. The molecule has 0 atom stereocenters. The Kier molecular flexibility index (Phi) is 4.42. The van der Waals surface area contributed by atoms with Gasteiger partial charge in [0.2, 0.25) is 0 Å². The minimum absolute atomic E-state index is 0.766. The van der Waals surface area contributed by atoms with Crippen molar-refractivity contribution in [1.29, 1.82) is 0 Å². The Morgan fingerprint density at radius 1 is 1.18 bits per heavy atom. The molecule has 0 saturated heterocycles. The number of hydrogen-bond donors (Lipinski definition) is 1. The zero-order valence-corrected chi connectivity index (χ0v) is 12.6. The van der Waals surface area contributed by atoms with Gasteiger partial charge in [-0.15, -0.1) is 0 Å². The van der Waals surface area contributed by atoms with Gasteiger partial charge in [0.1, 0.15) is 11.5 Å². The maximum absolute atomic E-state index is 5.79. The predicted molar refractivity (Wildman–Crippen MR) is 76.9 cm³/mol. The molecule has 1 heterocycles. The van der Waals surface area contributed by atoms with E-state index in [1.165, 1.54) is 0 Å². The van der Waals surface area contributed by atoms with Crippen LogP contribution in [0, 0.1) is 0 Å². The fourth-order valence-electron chi connectivity index (χ4n) is 1.55. The van der Waals surface area contributed by atoms with E-state index in [0.717, 1.165) is 39.1 Å². The van der Waals surface area contributed by atoms with E-state index in [2.05, 4.69) is 44.1 Å². The third kappa shape index (κ3) is 3.21. The summed E-state index contributed by atoms with van der Waals surface area (Å²) in [6.45, 7) is 3.79. The number of rotatable bonds is 4. The summed E-state index contributed by atoms with van der Waals surface area (Å²) >= 11 is 7.00. The molecule has 0 aliphatic carbocycles. The van der Waals surface area contributed by atoms with E-state index in [1.54, 1.807) is 0 Å². The van der Waals surface area contributed by atoms with E-state index in [0.29, 0.717) is 0 Å². The van der Waals surface area contributed by atoms with Gasteiger partial charge in [0.25, 0.3) is 0 Å². The summed E-state index contributed by atoms with van der Waals surface area (Å²) in [7, 11) is 0. The molecule has 0 unspecified atom stereocenters. The lowest BCUT2D eigenvalue weighted by atomic mass is 10.2. The van der Waals surface area contributed by atoms with Crippen molar-refractivity contribution in [3.05, 3.63) is 45.0 Å². The number of furan rings is 1. The Morgan fingerprint density at radius 2 is 2.00 bits per heavy atom. The molecule has 17 heavy (non-hydrogen) atoms. The van der Waals surface area contributed by atoms with E-state index < -0.39 is 0 Å². The highest BCUT2D eigenvalue weighted by Crippen LogP contribution is 2.32. The van der Waals surface area contributed by atoms with Crippen LogP contribution >= 0.6 is 31.9 Å². The fraction of sp³-hybridized carbons (Fsp3) is 0.231. The molecular weight excluding hydrogens is 346 g/mol. The average Bonchev–Trinajstić information content (AvgIpc) is 2.78. The normalized spacial score (nSPS) is 10.8. The third-order valence-electron chi connectivity index (χ3n) is 2.40. The van der Waals surface area contributed by atoms with Crippen LogP contribution in [0.3, 0.4) is 0 Å². The largest absolute Gasteiger partial charge is 0.460 e. The highest BCUT2D eigenvalue weighted by Gasteiger charge is 2.08. The number of hydrogen-bond acceptors (Lipinski definition) is 2. The predicted octanol–water partition coefficient (Wildman–Crippen LogP) is 4.58. The average molecular weight is 359 g/mol. The lowest BCUT2D eigenvalue weighted by Gasteiger charge is -2.02. The van der Waals surface area contributed by atoms with Crippen LogP contribution in [0.1, 0.15) is 12.7 Å². The maximum atomic E-state index is 5.79. The Morgan fingerprint density at radius 3 is 2.76 bits per heavy atom. The maximum Gasteiger partial charge on any atom is 0.135 e. The lowest BCUT2D eigenvalue weighted by molar-refractivity contribution is 0.498. The van der Waals surface area contributed by atoms with E-state index in [-0.39, 0.29) is 0 Å². The van der Waals surface area contributed by atoms with Gasteiger partial charge in [-0.05, 0) is 36.9 Å². The van der Waals surface area contributed by atoms with Crippen LogP contribution in [0.4, 0.5) is 0 Å². The van der Waals surface area contributed by atoms with Gasteiger partial charge in [-0.2, -0.15) is 0 Å². The molecule has 0 bridgehead atoms. The first-order valence-electron chi connectivity index (χ1n) is 5.45. The Labute approximate surface area is 118 Å². The second-order valence-corrected chi connectivity index (χ2v) is 5.44. The minimum Gasteiger partial charge on any atom is -0.460 e. The highest BCUT2D eigenvalue weighted by molar-refractivity contribution is 9.11. The van der Waals surface area contributed by atoms with E-state index in [9.17, 15) is 0 Å². The first kappa shape index (κ1) is 12.9. The molecule has 0 amide bonds. The van der Waals surface area contributed by atoms with Gasteiger partial charge < -0.3 is 9.73 Å². The zero-order chi connectivity index (χ0) is 12.3. The molecule has 0 saturated carbocycles. The molecule has 2 aromatic rings. The van der Waals surface area contributed by atoms with Crippen LogP contribution in [-0.2, 0) is 6.54 Å². The molecule has 0 aliphatic heterocycles. The first-order valence-corrected chi connectivity index (χ1v) is 7.04. The highest BCUT2D eigenvalue weighted by atomic mass is 79.9. The second kappa shape index (κ2) is 5.85. The summed E-state index contributed by atoms with van der Waals surface area (Å²) in [4.78, 5) is 0. The Balaban J connectivity index is 2.27. The SMILES string of the molecule is CCNCc1ccc(-c2cc(Br)ccc2Br)o1. The summed E-state index contributed by atoms with van der Waals surface area (Å²) in [5.41, 5.74) is 1.06. The molecule has 0 fully saturated rings.